The molecule has 9 aromatic rings. The van der Waals surface area contributed by atoms with Crippen LogP contribution >= 0.6 is 0 Å². The van der Waals surface area contributed by atoms with Gasteiger partial charge in [-0.15, -0.1) is 0 Å². The van der Waals surface area contributed by atoms with Gasteiger partial charge in [-0.1, -0.05) is 158 Å². The monoisotopic (exact) mass is 681 g/mol. The van der Waals surface area contributed by atoms with Crippen LogP contribution in [0, 0.1) is 0 Å². The number of nitrogens with one attached hydrogen (secondary N) is 1. The topological polar surface area (TPSA) is 72.8 Å². The van der Waals surface area contributed by atoms with E-state index in [0.717, 1.165) is 77.8 Å². The highest BCUT2D eigenvalue weighted by Gasteiger charge is 2.27. The van der Waals surface area contributed by atoms with Crippen molar-refractivity contribution in [2.75, 3.05) is 5.32 Å². The maximum absolute atomic E-state index is 6.49. The van der Waals surface area contributed by atoms with E-state index in [1.165, 1.54) is 0 Å². The summed E-state index contributed by atoms with van der Waals surface area (Å²) in [5, 5.41) is 6.90. The van der Waals surface area contributed by atoms with Gasteiger partial charge in [0.1, 0.15) is 5.75 Å². The van der Waals surface area contributed by atoms with Crippen LogP contribution in [0.2, 0.25) is 0 Å². The fourth-order valence-electron chi connectivity index (χ4n) is 7.13. The predicted octanol–water partition coefficient (Wildman–Crippen LogP) is 11.4. The lowest BCUT2D eigenvalue weighted by Gasteiger charge is -2.14. The number of nitrogens with zero attached hydrogens (tertiary/aromatic N) is 4. The Morgan fingerprint density at radius 3 is 1.51 bits per heavy atom. The molecule has 2 aromatic heterocycles. The standard InChI is InChI=1S/C47H31N5O/c1-5-13-30(14-6-1)36-25-26-37-39(29-36)48-42(38-27-28-40-43(41(37)38)49-47(53-40)35-19-11-4-12-20-35)31-21-23-34(24-22-31)46-51-44(32-15-7-2-8-16-32)50-45(52-46)33-17-9-3-10-18-33/h1-29,47,49H. The van der Waals surface area contributed by atoms with Gasteiger partial charge in [0.15, 0.2) is 23.7 Å². The maximum Gasteiger partial charge on any atom is 0.196 e. The molecule has 0 bridgehead atoms. The lowest BCUT2D eigenvalue weighted by molar-refractivity contribution is 0.260. The summed E-state index contributed by atoms with van der Waals surface area (Å²) in [6, 6.07) is 59.9. The molecule has 0 aliphatic carbocycles. The largest absolute Gasteiger partial charge is 0.464 e. The summed E-state index contributed by atoms with van der Waals surface area (Å²) in [6.07, 6.45) is -0.284. The first-order valence-corrected chi connectivity index (χ1v) is 17.7. The fourth-order valence-corrected chi connectivity index (χ4v) is 7.13. The Bertz CT molecular complexity index is 2700. The van der Waals surface area contributed by atoms with Gasteiger partial charge in [0, 0.05) is 44.0 Å². The second kappa shape index (κ2) is 12.9. The number of hydrogen-bond donors (Lipinski definition) is 1. The summed E-state index contributed by atoms with van der Waals surface area (Å²) < 4.78 is 6.49. The number of ether oxygens (including phenoxy) is 1. The second-order valence-electron chi connectivity index (χ2n) is 13.1. The molecular formula is C47H31N5O. The number of anilines is 1. The first-order valence-electron chi connectivity index (χ1n) is 17.7. The molecule has 1 aliphatic heterocycles. The molecule has 10 rings (SSSR count). The highest BCUT2D eigenvalue weighted by molar-refractivity contribution is 6.18. The quantitative estimate of drug-likeness (QED) is 0.176. The Morgan fingerprint density at radius 2 is 0.906 bits per heavy atom. The highest BCUT2D eigenvalue weighted by Crippen LogP contribution is 2.47. The van der Waals surface area contributed by atoms with Crippen molar-refractivity contribution in [1.82, 2.24) is 19.9 Å². The molecule has 0 amide bonds. The SMILES string of the molecule is c1ccc(-c2ccc3c(c2)nc(-c2ccc(-c4nc(-c5ccccc5)nc(-c5ccccc5)n4)cc2)c2ccc4c(c23)NC(c2ccccc2)O4)cc1. The minimum absolute atomic E-state index is 0.284. The summed E-state index contributed by atoms with van der Waals surface area (Å²) in [7, 11) is 0. The molecular weight excluding hydrogens is 651 g/mol. The van der Waals surface area contributed by atoms with Crippen LogP contribution in [0.15, 0.2) is 176 Å². The van der Waals surface area contributed by atoms with Gasteiger partial charge >= 0.3 is 0 Å². The molecule has 1 N–H and O–H groups in total. The average Bonchev–Trinajstić information content (AvgIpc) is 3.69. The van der Waals surface area contributed by atoms with E-state index in [2.05, 4.69) is 96.3 Å². The summed E-state index contributed by atoms with van der Waals surface area (Å²) in [6.45, 7) is 0. The molecule has 0 fully saturated rings. The lowest BCUT2D eigenvalue weighted by atomic mass is 9.96. The van der Waals surface area contributed by atoms with Gasteiger partial charge in [-0.2, -0.15) is 0 Å². The average molecular weight is 682 g/mol. The Balaban J connectivity index is 1.12. The lowest BCUT2D eigenvalue weighted by Crippen LogP contribution is -2.09. The van der Waals surface area contributed by atoms with Crippen LogP contribution in [0.3, 0.4) is 0 Å². The summed E-state index contributed by atoms with van der Waals surface area (Å²) in [5.41, 5.74) is 9.86. The number of hydrogen-bond acceptors (Lipinski definition) is 6. The van der Waals surface area contributed by atoms with Gasteiger partial charge in [-0.25, -0.2) is 19.9 Å². The Labute approximate surface area is 306 Å². The minimum Gasteiger partial charge on any atom is -0.464 e. The van der Waals surface area contributed by atoms with Crippen LogP contribution in [0.25, 0.3) is 78.2 Å². The summed E-state index contributed by atoms with van der Waals surface area (Å²) >= 11 is 0. The van der Waals surface area contributed by atoms with Gasteiger partial charge in [0.2, 0.25) is 0 Å². The van der Waals surface area contributed by atoms with E-state index < -0.39 is 0 Å². The van der Waals surface area contributed by atoms with Crippen molar-refractivity contribution in [3.05, 3.63) is 181 Å². The van der Waals surface area contributed by atoms with E-state index in [4.69, 9.17) is 24.7 Å². The smallest absolute Gasteiger partial charge is 0.196 e. The van der Waals surface area contributed by atoms with Crippen LogP contribution in [0.5, 0.6) is 5.75 Å². The van der Waals surface area contributed by atoms with Gasteiger partial charge in [0.05, 0.1) is 16.9 Å². The molecule has 1 unspecified atom stereocenters. The Hall–Kier alpha value is -7.18. The van der Waals surface area contributed by atoms with Gasteiger partial charge in [-0.3, -0.25) is 0 Å². The molecule has 0 saturated carbocycles. The molecule has 0 saturated heterocycles. The zero-order valence-electron chi connectivity index (χ0n) is 28.5. The second-order valence-corrected chi connectivity index (χ2v) is 13.1. The minimum atomic E-state index is -0.284. The summed E-state index contributed by atoms with van der Waals surface area (Å²) in [5.74, 6) is 2.70. The van der Waals surface area contributed by atoms with Gasteiger partial charge in [0.25, 0.3) is 0 Å². The van der Waals surface area contributed by atoms with Gasteiger partial charge in [-0.05, 0) is 29.3 Å². The van der Waals surface area contributed by atoms with Crippen molar-refractivity contribution in [2.24, 2.45) is 0 Å². The van der Waals surface area contributed by atoms with Crippen LogP contribution in [0.4, 0.5) is 5.69 Å². The molecule has 0 spiro atoms. The third-order valence-corrected chi connectivity index (χ3v) is 9.77. The van der Waals surface area contributed by atoms with Crippen LogP contribution in [0.1, 0.15) is 11.8 Å². The fraction of sp³-hybridized carbons (Fsp3) is 0.0213. The summed E-state index contributed by atoms with van der Waals surface area (Å²) in [4.78, 5) is 20.1. The van der Waals surface area contributed by atoms with Crippen LogP contribution in [-0.4, -0.2) is 19.9 Å². The van der Waals surface area contributed by atoms with Gasteiger partial charge < -0.3 is 10.1 Å². The van der Waals surface area contributed by atoms with E-state index in [1.54, 1.807) is 0 Å². The van der Waals surface area contributed by atoms with E-state index in [9.17, 15) is 0 Å². The van der Waals surface area contributed by atoms with Crippen molar-refractivity contribution < 1.29 is 4.74 Å². The third kappa shape index (κ3) is 5.63. The predicted molar refractivity (Wildman–Crippen MR) is 213 cm³/mol. The van der Waals surface area contributed by atoms with Crippen molar-refractivity contribution >= 4 is 27.4 Å². The van der Waals surface area contributed by atoms with Crippen molar-refractivity contribution in [2.45, 2.75) is 6.23 Å². The Kier molecular flexibility index (Phi) is 7.43. The number of benzene rings is 7. The molecule has 1 aliphatic rings. The zero-order valence-corrected chi connectivity index (χ0v) is 28.5. The Morgan fingerprint density at radius 1 is 0.415 bits per heavy atom. The maximum atomic E-state index is 6.49. The molecule has 3 heterocycles. The first-order chi connectivity index (χ1) is 26.2. The molecule has 53 heavy (non-hydrogen) atoms. The molecule has 6 nitrogen and oxygen atoms in total. The normalized spacial score (nSPS) is 13.4. The number of rotatable bonds is 6. The van der Waals surface area contributed by atoms with Crippen molar-refractivity contribution in [1.29, 1.82) is 0 Å². The van der Waals surface area contributed by atoms with E-state index in [-0.39, 0.29) is 6.23 Å². The zero-order chi connectivity index (χ0) is 35.1. The molecule has 0 radical (unpaired) electrons. The first kappa shape index (κ1) is 30.6. The highest BCUT2D eigenvalue weighted by atomic mass is 16.5. The number of fused-ring (bicyclic) bond motifs is 5. The van der Waals surface area contributed by atoms with E-state index in [1.807, 2.05) is 84.9 Å². The number of aromatic nitrogens is 4. The molecule has 7 aromatic carbocycles. The van der Waals surface area contributed by atoms with Crippen molar-refractivity contribution in [3.63, 3.8) is 0 Å². The van der Waals surface area contributed by atoms with Crippen LogP contribution < -0.4 is 10.1 Å². The van der Waals surface area contributed by atoms with Crippen LogP contribution in [-0.2, 0) is 0 Å². The molecule has 1 atom stereocenters. The van der Waals surface area contributed by atoms with E-state index >= 15 is 0 Å². The van der Waals surface area contributed by atoms with Crippen molar-refractivity contribution in [3.8, 4) is 62.3 Å². The van der Waals surface area contributed by atoms with E-state index in [0.29, 0.717) is 17.5 Å². The molecule has 250 valence electrons. The molecule has 6 heteroatoms. The number of pyridine rings is 1. The third-order valence-electron chi connectivity index (χ3n) is 9.77.